The number of nitrogens with one attached hydrogen (secondary N) is 3. The van der Waals surface area contributed by atoms with Crippen LogP contribution >= 0.6 is 15.9 Å². The first-order chi connectivity index (χ1) is 12.9. The van der Waals surface area contributed by atoms with Crippen molar-refractivity contribution in [3.8, 4) is 5.75 Å². The fraction of sp³-hybridized carbons (Fsp3) is 0.300. The third-order valence-corrected chi connectivity index (χ3v) is 4.41. The Hall–Kier alpha value is -2.54. The highest BCUT2D eigenvalue weighted by Crippen LogP contribution is 2.24. The second-order valence-electron chi connectivity index (χ2n) is 6.11. The molecule has 2 amide bonds. The van der Waals surface area contributed by atoms with E-state index in [2.05, 4.69) is 31.9 Å². The third kappa shape index (κ3) is 6.60. The van der Waals surface area contributed by atoms with Gasteiger partial charge in [-0.15, -0.1) is 0 Å². The normalized spacial score (nSPS) is 11.4. The summed E-state index contributed by atoms with van der Waals surface area (Å²) in [6, 6.07) is 12.4. The lowest BCUT2D eigenvalue weighted by atomic mass is 10.2. The maximum absolute atomic E-state index is 12.4. The average molecular weight is 434 g/mol. The van der Waals surface area contributed by atoms with Crippen LogP contribution in [0.3, 0.4) is 0 Å². The topological polar surface area (TPSA) is 79.5 Å². The van der Waals surface area contributed by atoms with Crippen molar-refractivity contribution in [1.82, 2.24) is 5.32 Å². The van der Waals surface area contributed by atoms with Gasteiger partial charge in [0.05, 0.1) is 5.69 Å². The lowest BCUT2D eigenvalue weighted by Crippen LogP contribution is -2.32. The lowest BCUT2D eigenvalue weighted by molar-refractivity contribution is -0.123. The van der Waals surface area contributed by atoms with Crippen molar-refractivity contribution in [2.45, 2.75) is 26.8 Å². The predicted octanol–water partition coefficient (Wildman–Crippen LogP) is 3.71. The number of halogens is 1. The maximum Gasteiger partial charge on any atom is 0.257 e. The van der Waals surface area contributed by atoms with Crippen LogP contribution < -0.4 is 20.7 Å². The minimum atomic E-state index is -0.430. The zero-order valence-electron chi connectivity index (χ0n) is 15.6. The number of carbonyl (C=O) groups excluding carboxylic acids is 2. The quantitative estimate of drug-likeness (QED) is 0.592. The molecule has 6 nitrogen and oxygen atoms in total. The molecule has 0 heterocycles. The number of likely N-dealkylation sites (N-methyl/N-ethyl adjacent to an activating group) is 1. The molecule has 0 radical (unpaired) electrons. The standard InChI is InChI=1S/C20H24BrN3O3/c1-4-22-19(25)12-27-16-8-6-15(7-9-16)23-14(3)20(26)24-18-10-5-13(2)11-17(18)21/h5-11,14,23H,4,12H2,1-3H3,(H,22,25)(H,24,26). The number of amides is 2. The summed E-state index contributed by atoms with van der Waals surface area (Å²) in [6.07, 6.45) is 0. The van der Waals surface area contributed by atoms with Gasteiger partial charge in [0.2, 0.25) is 5.91 Å². The van der Waals surface area contributed by atoms with Crippen LogP contribution in [0.1, 0.15) is 19.4 Å². The van der Waals surface area contributed by atoms with E-state index in [1.54, 1.807) is 31.2 Å². The Morgan fingerprint density at radius 3 is 2.48 bits per heavy atom. The van der Waals surface area contributed by atoms with E-state index in [0.717, 1.165) is 21.4 Å². The van der Waals surface area contributed by atoms with Gasteiger partial charge in [-0.05, 0) is 78.7 Å². The summed E-state index contributed by atoms with van der Waals surface area (Å²) in [4.78, 5) is 23.8. The van der Waals surface area contributed by atoms with E-state index in [9.17, 15) is 9.59 Å². The van der Waals surface area contributed by atoms with E-state index in [-0.39, 0.29) is 18.4 Å². The second-order valence-corrected chi connectivity index (χ2v) is 6.96. The van der Waals surface area contributed by atoms with Gasteiger partial charge in [0.25, 0.3) is 5.91 Å². The Morgan fingerprint density at radius 2 is 1.85 bits per heavy atom. The highest BCUT2D eigenvalue weighted by molar-refractivity contribution is 9.10. The number of carbonyl (C=O) groups is 2. The summed E-state index contributed by atoms with van der Waals surface area (Å²) in [7, 11) is 0. The number of hydrogen-bond donors (Lipinski definition) is 3. The first kappa shape index (κ1) is 20.8. The largest absolute Gasteiger partial charge is 0.484 e. The van der Waals surface area contributed by atoms with Crippen LogP contribution in [0.5, 0.6) is 5.75 Å². The molecule has 0 aliphatic rings. The smallest absolute Gasteiger partial charge is 0.257 e. The van der Waals surface area contributed by atoms with Gasteiger partial charge in [-0.3, -0.25) is 9.59 Å². The lowest BCUT2D eigenvalue weighted by Gasteiger charge is -2.16. The molecule has 27 heavy (non-hydrogen) atoms. The van der Waals surface area contributed by atoms with Crippen LogP contribution in [-0.4, -0.2) is 31.0 Å². The first-order valence-corrected chi connectivity index (χ1v) is 9.51. The highest BCUT2D eigenvalue weighted by atomic mass is 79.9. The van der Waals surface area contributed by atoms with Gasteiger partial charge in [0.15, 0.2) is 6.61 Å². The van der Waals surface area contributed by atoms with E-state index in [0.29, 0.717) is 12.3 Å². The molecule has 0 aliphatic carbocycles. The summed E-state index contributed by atoms with van der Waals surface area (Å²) >= 11 is 3.46. The minimum absolute atomic E-state index is 0.0230. The summed E-state index contributed by atoms with van der Waals surface area (Å²) < 4.78 is 6.25. The van der Waals surface area contributed by atoms with Gasteiger partial charge in [-0.1, -0.05) is 6.07 Å². The van der Waals surface area contributed by atoms with E-state index in [1.807, 2.05) is 32.0 Å². The molecule has 0 saturated heterocycles. The molecule has 2 rings (SSSR count). The van der Waals surface area contributed by atoms with Gasteiger partial charge in [0.1, 0.15) is 11.8 Å². The Bertz CT molecular complexity index is 794. The molecule has 144 valence electrons. The van der Waals surface area contributed by atoms with Crippen molar-refractivity contribution in [3.05, 3.63) is 52.5 Å². The van der Waals surface area contributed by atoms with Crippen molar-refractivity contribution in [3.63, 3.8) is 0 Å². The van der Waals surface area contributed by atoms with Crippen LogP contribution in [0.4, 0.5) is 11.4 Å². The van der Waals surface area contributed by atoms with Crippen LogP contribution in [0.15, 0.2) is 46.9 Å². The van der Waals surface area contributed by atoms with Crippen molar-refractivity contribution in [1.29, 1.82) is 0 Å². The van der Waals surface area contributed by atoms with Crippen LogP contribution in [0.2, 0.25) is 0 Å². The molecule has 0 saturated carbocycles. The molecule has 0 bridgehead atoms. The molecular formula is C20H24BrN3O3. The molecule has 2 aromatic carbocycles. The van der Waals surface area contributed by atoms with Gasteiger partial charge in [0, 0.05) is 16.7 Å². The molecule has 0 aromatic heterocycles. The minimum Gasteiger partial charge on any atom is -0.484 e. The highest BCUT2D eigenvalue weighted by Gasteiger charge is 2.14. The summed E-state index contributed by atoms with van der Waals surface area (Å²) in [5.41, 5.74) is 2.62. The van der Waals surface area contributed by atoms with Crippen molar-refractivity contribution in [2.75, 3.05) is 23.8 Å². The van der Waals surface area contributed by atoms with Crippen LogP contribution in [-0.2, 0) is 9.59 Å². The zero-order valence-corrected chi connectivity index (χ0v) is 17.2. The van der Waals surface area contributed by atoms with Gasteiger partial charge >= 0.3 is 0 Å². The SMILES string of the molecule is CCNC(=O)COc1ccc(NC(C)C(=O)Nc2ccc(C)cc2Br)cc1. The molecule has 2 aromatic rings. The number of ether oxygens (including phenoxy) is 1. The second kappa shape index (κ2) is 9.97. The zero-order chi connectivity index (χ0) is 19.8. The Balaban J connectivity index is 1.88. The Kier molecular flexibility index (Phi) is 7.67. The third-order valence-electron chi connectivity index (χ3n) is 3.76. The molecule has 0 spiro atoms. The molecule has 1 atom stereocenters. The monoisotopic (exact) mass is 433 g/mol. The van der Waals surface area contributed by atoms with E-state index in [4.69, 9.17) is 4.74 Å². The van der Waals surface area contributed by atoms with E-state index in [1.165, 1.54) is 0 Å². The number of anilines is 2. The first-order valence-electron chi connectivity index (χ1n) is 8.72. The van der Waals surface area contributed by atoms with Crippen LogP contribution in [0.25, 0.3) is 0 Å². The predicted molar refractivity (Wildman–Crippen MR) is 111 cm³/mol. The molecular weight excluding hydrogens is 410 g/mol. The fourth-order valence-electron chi connectivity index (χ4n) is 2.32. The van der Waals surface area contributed by atoms with Crippen LogP contribution in [0, 0.1) is 6.92 Å². The molecule has 1 unspecified atom stereocenters. The molecule has 0 fully saturated rings. The summed E-state index contributed by atoms with van der Waals surface area (Å²) in [5.74, 6) is 0.288. The number of benzene rings is 2. The van der Waals surface area contributed by atoms with Crippen molar-refractivity contribution >= 4 is 39.1 Å². The van der Waals surface area contributed by atoms with Gasteiger partial charge in [-0.25, -0.2) is 0 Å². The van der Waals surface area contributed by atoms with Crippen molar-refractivity contribution < 1.29 is 14.3 Å². The Morgan fingerprint density at radius 1 is 1.15 bits per heavy atom. The fourth-order valence-corrected chi connectivity index (χ4v) is 2.91. The van der Waals surface area contributed by atoms with Gasteiger partial charge in [-0.2, -0.15) is 0 Å². The summed E-state index contributed by atoms with van der Waals surface area (Å²) in [5, 5.41) is 8.71. The maximum atomic E-state index is 12.4. The Labute approximate surface area is 167 Å². The van der Waals surface area contributed by atoms with E-state index >= 15 is 0 Å². The molecule has 7 heteroatoms. The number of hydrogen-bond acceptors (Lipinski definition) is 4. The number of aryl methyl sites for hydroxylation is 1. The van der Waals surface area contributed by atoms with Gasteiger partial charge < -0.3 is 20.7 Å². The molecule has 0 aliphatic heterocycles. The number of rotatable bonds is 8. The molecule has 3 N–H and O–H groups in total. The van der Waals surface area contributed by atoms with Crippen molar-refractivity contribution in [2.24, 2.45) is 0 Å². The summed E-state index contributed by atoms with van der Waals surface area (Å²) in [6.45, 7) is 6.18. The van der Waals surface area contributed by atoms with E-state index < -0.39 is 6.04 Å². The average Bonchev–Trinajstić information content (AvgIpc) is 2.63.